The molecular weight excluding hydrogens is 217 g/mol. The van der Waals surface area contributed by atoms with E-state index in [1.807, 2.05) is 24.1 Å². The molecule has 0 bridgehead atoms. The molecule has 4 heteroatoms. The SMILES string of the molecule is CN(Cc1ccc(N)nc1)c1ccccc1F. The number of benzene rings is 1. The van der Waals surface area contributed by atoms with Gasteiger partial charge in [-0.2, -0.15) is 0 Å². The number of nitrogens with two attached hydrogens (primary N) is 1. The van der Waals surface area contributed by atoms with Crippen molar-refractivity contribution in [3.8, 4) is 0 Å². The minimum absolute atomic E-state index is 0.224. The number of anilines is 2. The summed E-state index contributed by atoms with van der Waals surface area (Å²) in [4.78, 5) is 5.84. The average molecular weight is 231 g/mol. The molecule has 1 aromatic carbocycles. The minimum atomic E-state index is -0.224. The van der Waals surface area contributed by atoms with Crippen molar-refractivity contribution >= 4 is 11.5 Å². The highest BCUT2D eigenvalue weighted by molar-refractivity contribution is 5.47. The Balaban J connectivity index is 2.14. The van der Waals surface area contributed by atoms with E-state index in [0.717, 1.165) is 5.56 Å². The molecule has 0 spiro atoms. The van der Waals surface area contributed by atoms with Gasteiger partial charge in [0.05, 0.1) is 5.69 Å². The lowest BCUT2D eigenvalue weighted by Crippen LogP contribution is -2.17. The number of para-hydroxylation sites is 1. The van der Waals surface area contributed by atoms with Crippen LogP contribution in [-0.4, -0.2) is 12.0 Å². The van der Waals surface area contributed by atoms with Gasteiger partial charge < -0.3 is 10.6 Å². The number of hydrogen-bond acceptors (Lipinski definition) is 3. The van der Waals surface area contributed by atoms with E-state index in [0.29, 0.717) is 18.1 Å². The topological polar surface area (TPSA) is 42.1 Å². The lowest BCUT2D eigenvalue weighted by molar-refractivity contribution is 0.622. The molecule has 0 saturated heterocycles. The Bertz CT molecular complexity index is 496. The summed E-state index contributed by atoms with van der Waals surface area (Å²) in [5.74, 6) is 0.265. The molecule has 1 aromatic heterocycles. The molecule has 2 aromatic rings. The molecule has 17 heavy (non-hydrogen) atoms. The first-order valence-corrected chi connectivity index (χ1v) is 5.33. The molecule has 3 nitrogen and oxygen atoms in total. The predicted octanol–water partition coefficient (Wildman–Crippen LogP) is 2.44. The molecule has 0 atom stereocenters. The van der Waals surface area contributed by atoms with E-state index in [1.54, 1.807) is 24.4 Å². The van der Waals surface area contributed by atoms with Gasteiger partial charge in [-0.15, -0.1) is 0 Å². The lowest BCUT2D eigenvalue weighted by Gasteiger charge is -2.19. The molecule has 0 fully saturated rings. The van der Waals surface area contributed by atoms with Crippen LogP contribution in [0.25, 0.3) is 0 Å². The van der Waals surface area contributed by atoms with Crippen molar-refractivity contribution in [1.29, 1.82) is 0 Å². The number of rotatable bonds is 3. The molecule has 0 saturated carbocycles. The maximum absolute atomic E-state index is 13.5. The van der Waals surface area contributed by atoms with E-state index in [2.05, 4.69) is 4.98 Å². The molecule has 0 unspecified atom stereocenters. The Morgan fingerprint density at radius 1 is 1.24 bits per heavy atom. The zero-order chi connectivity index (χ0) is 12.3. The van der Waals surface area contributed by atoms with E-state index in [9.17, 15) is 4.39 Å². The molecule has 1 heterocycles. The summed E-state index contributed by atoms with van der Waals surface area (Å²) in [5.41, 5.74) is 7.07. The number of nitrogen functional groups attached to an aromatic ring is 1. The third-order valence-corrected chi connectivity index (χ3v) is 2.53. The molecule has 0 aliphatic heterocycles. The fourth-order valence-corrected chi connectivity index (χ4v) is 1.65. The zero-order valence-corrected chi connectivity index (χ0v) is 9.60. The molecule has 0 aliphatic carbocycles. The van der Waals surface area contributed by atoms with Crippen LogP contribution in [0.4, 0.5) is 15.9 Å². The molecule has 2 N–H and O–H groups in total. The van der Waals surface area contributed by atoms with Gasteiger partial charge in [0.25, 0.3) is 0 Å². The van der Waals surface area contributed by atoms with Gasteiger partial charge in [-0.3, -0.25) is 0 Å². The lowest BCUT2D eigenvalue weighted by atomic mass is 10.2. The first kappa shape index (κ1) is 11.4. The van der Waals surface area contributed by atoms with Crippen LogP contribution >= 0.6 is 0 Å². The molecule has 0 amide bonds. The van der Waals surface area contributed by atoms with Crippen LogP contribution in [0, 0.1) is 5.82 Å². The van der Waals surface area contributed by atoms with Gasteiger partial charge in [-0.05, 0) is 23.8 Å². The van der Waals surface area contributed by atoms with Gasteiger partial charge in [0, 0.05) is 19.8 Å². The van der Waals surface area contributed by atoms with Crippen LogP contribution in [0.15, 0.2) is 42.6 Å². The first-order chi connectivity index (χ1) is 8.16. The number of hydrogen-bond donors (Lipinski definition) is 1. The van der Waals surface area contributed by atoms with Gasteiger partial charge in [0.15, 0.2) is 0 Å². The molecule has 88 valence electrons. The van der Waals surface area contributed by atoms with Crippen molar-refractivity contribution in [2.24, 2.45) is 0 Å². The predicted molar refractivity (Wildman–Crippen MR) is 67.2 cm³/mol. The van der Waals surface area contributed by atoms with Crippen LogP contribution in [0.5, 0.6) is 0 Å². The third kappa shape index (κ3) is 2.72. The van der Waals surface area contributed by atoms with E-state index in [-0.39, 0.29) is 5.82 Å². The Morgan fingerprint density at radius 2 is 2.00 bits per heavy atom. The van der Waals surface area contributed by atoms with E-state index < -0.39 is 0 Å². The van der Waals surface area contributed by atoms with E-state index >= 15 is 0 Å². The minimum Gasteiger partial charge on any atom is -0.384 e. The first-order valence-electron chi connectivity index (χ1n) is 5.33. The number of pyridine rings is 1. The van der Waals surface area contributed by atoms with Gasteiger partial charge in [0.2, 0.25) is 0 Å². The van der Waals surface area contributed by atoms with Crippen LogP contribution in [0.3, 0.4) is 0 Å². The number of halogens is 1. The standard InChI is InChI=1S/C13H14FN3/c1-17(12-5-3-2-4-11(12)14)9-10-6-7-13(15)16-8-10/h2-8H,9H2,1H3,(H2,15,16). The van der Waals surface area contributed by atoms with Gasteiger partial charge in [0.1, 0.15) is 11.6 Å². The average Bonchev–Trinajstić information content (AvgIpc) is 2.32. The second-order valence-electron chi connectivity index (χ2n) is 3.90. The highest BCUT2D eigenvalue weighted by Gasteiger charge is 2.06. The van der Waals surface area contributed by atoms with Crippen molar-refractivity contribution < 1.29 is 4.39 Å². The largest absolute Gasteiger partial charge is 0.384 e. The van der Waals surface area contributed by atoms with Crippen molar-refractivity contribution in [1.82, 2.24) is 4.98 Å². The maximum atomic E-state index is 13.5. The third-order valence-electron chi connectivity index (χ3n) is 2.53. The molecule has 0 radical (unpaired) electrons. The normalized spacial score (nSPS) is 10.2. The maximum Gasteiger partial charge on any atom is 0.146 e. The Hall–Kier alpha value is -2.10. The van der Waals surface area contributed by atoms with Crippen LogP contribution in [0.2, 0.25) is 0 Å². The Morgan fingerprint density at radius 3 is 2.65 bits per heavy atom. The Kier molecular flexibility index (Phi) is 3.23. The van der Waals surface area contributed by atoms with Gasteiger partial charge in [-0.25, -0.2) is 9.37 Å². The molecular formula is C13H14FN3. The van der Waals surface area contributed by atoms with Crippen LogP contribution < -0.4 is 10.6 Å². The fourth-order valence-electron chi connectivity index (χ4n) is 1.65. The zero-order valence-electron chi connectivity index (χ0n) is 9.60. The van der Waals surface area contributed by atoms with Crippen LogP contribution in [0.1, 0.15) is 5.56 Å². The van der Waals surface area contributed by atoms with Crippen molar-refractivity contribution in [3.63, 3.8) is 0 Å². The number of aromatic nitrogens is 1. The number of nitrogens with zero attached hydrogens (tertiary/aromatic N) is 2. The van der Waals surface area contributed by atoms with Crippen molar-refractivity contribution in [2.45, 2.75) is 6.54 Å². The Labute approximate surface area is 99.7 Å². The van der Waals surface area contributed by atoms with Gasteiger partial charge >= 0.3 is 0 Å². The second-order valence-corrected chi connectivity index (χ2v) is 3.90. The molecule has 2 rings (SSSR count). The summed E-state index contributed by atoms with van der Waals surface area (Å²) in [7, 11) is 1.84. The summed E-state index contributed by atoms with van der Waals surface area (Å²) in [6.45, 7) is 0.591. The fraction of sp³-hybridized carbons (Fsp3) is 0.154. The highest BCUT2D eigenvalue weighted by Crippen LogP contribution is 2.19. The van der Waals surface area contributed by atoms with E-state index in [1.165, 1.54) is 6.07 Å². The van der Waals surface area contributed by atoms with Crippen molar-refractivity contribution in [2.75, 3.05) is 17.7 Å². The van der Waals surface area contributed by atoms with Crippen molar-refractivity contribution in [3.05, 3.63) is 54.0 Å². The van der Waals surface area contributed by atoms with Gasteiger partial charge in [-0.1, -0.05) is 18.2 Å². The molecule has 0 aliphatic rings. The quantitative estimate of drug-likeness (QED) is 0.882. The summed E-state index contributed by atoms with van der Waals surface area (Å²) < 4.78 is 13.5. The van der Waals surface area contributed by atoms with Crippen LogP contribution in [-0.2, 0) is 6.54 Å². The monoisotopic (exact) mass is 231 g/mol. The van der Waals surface area contributed by atoms with E-state index in [4.69, 9.17) is 5.73 Å². The second kappa shape index (κ2) is 4.82. The summed E-state index contributed by atoms with van der Waals surface area (Å²) in [6.07, 6.45) is 1.70. The smallest absolute Gasteiger partial charge is 0.146 e. The highest BCUT2D eigenvalue weighted by atomic mass is 19.1. The summed E-state index contributed by atoms with van der Waals surface area (Å²) in [5, 5.41) is 0. The summed E-state index contributed by atoms with van der Waals surface area (Å²) in [6, 6.07) is 10.3. The summed E-state index contributed by atoms with van der Waals surface area (Å²) >= 11 is 0.